The van der Waals surface area contributed by atoms with Gasteiger partial charge in [0.05, 0.1) is 9.26 Å². The number of alkyl halides is 3. The smallest absolute Gasteiger partial charge is 0.269 e. The minimum Gasteiger partial charge on any atom is -0.317 e. The average molecular weight is 364 g/mol. The van der Waals surface area contributed by atoms with Gasteiger partial charge in [0.1, 0.15) is 0 Å². The summed E-state index contributed by atoms with van der Waals surface area (Å²) in [4.78, 5) is 13.4. The van der Waals surface area contributed by atoms with Crippen LogP contribution in [0.1, 0.15) is 17.6 Å². The molecule has 2 nitrogen and oxygen atoms in total. The number of nitrogens with one attached hydrogen (secondary N) is 1. The summed E-state index contributed by atoms with van der Waals surface area (Å²) in [7, 11) is 0. The summed E-state index contributed by atoms with van der Waals surface area (Å²) in [5.41, 5.74) is -0.822. The molecule has 0 unspecified atom stereocenters. The Morgan fingerprint density at radius 3 is 2.69 bits per heavy atom. The third kappa shape index (κ3) is 2.49. The van der Waals surface area contributed by atoms with Gasteiger partial charge in [0.25, 0.3) is 12.0 Å². The van der Waals surface area contributed by atoms with Gasteiger partial charge in [-0.15, -0.1) is 0 Å². The van der Waals surface area contributed by atoms with Crippen LogP contribution in [0, 0.1) is 3.70 Å². The van der Waals surface area contributed by atoms with Crippen LogP contribution in [-0.4, -0.2) is 4.98 Å². The second-order valence-electron chi connectivity index (χ2n) is 2.32. The van der Waals surface area contributed by atoms with Crippen molar-refractivity contribution in [3.63, 3.8) is 0 Å². The molecule has 0 atom stereocenters. The van der Waals surface area contributed by atoms with Crippen LogP contribution in [0.2, 0.25) is 0 Å². The maximum absolute atomic E-state index is 12.4. The summed E-state index contributed by atoms with van der Waals surface area (Å²) < 4.78 is 25.3. The molecular weight excluding hydrogens is 359 g/mol. The van der Waals surface area contributed by atoms with Crippen molar-refractivity contribution >= 4 is 38.5 Å². The molecule has 0 amide bonds. The lowest BCUT2D eigenvalue weighted by Crippen LogP contribution is -2.16. The number of aromatic amines is 1. The summed E-state index contributed by atoms with van der Waals surface area (Å²) in [6, 6.07) is 1.53. The number of rotatable bonds is 2. The molecule has 1 heterocycles. The van der Waals surface area contributed by atoms with Crippen molar-refractivity contribution in [2.45, 2.75) is 11.8 Å². The van der Waals surface area contributed by atoms with E-state index < -0.39 is 17.5 Å². The molecular formula is C7H5BrF2INO. The molecule has 0 aliphatic rings. The van der Waals surface area contributed by atoms with Gasteiger partial charge in [0, 0.05) is 5.33 Å². The van der Waals surface area contributed by atoms with Crippen molar-refractivity contribution in [2.75, 3.05) is 0 Å². The molecule has 72 valence electrons. The highest BCUT2D eigenvalue weighted by atomic mass is 127. The third-order valence-electron chi connectivity index (χ3n) is 1.49. The summed E-state index contributed by atoms with van der Waals surface area (Å²) in [6.45, 7) is 0. The van der Waals surface area contributed by atoms with E-state index in [4.69, 9.17) is 0 Å². The van der Waals surface area contributed by atoms with E-state index in [1.807, 2.05) is 22.6 Å². The number of aromatic nitrogens is 1. The van der Waals surface area contributed by atoms with Crippen molar-refractivity contribution in [2.24, 2.45) is 0 Å². The summed E-state index contributed by atoms with van der Waals surface area (Å²) in [5.74, 6) is 0. The van der Waals surface area contributed by atoms with Gasteiger partial charge >= 0.3 is 0 Å². The fraction of sp³-hybridized carbons (Fsp3) is 0.286. The second kappa shape index (κ2) is 4.50. The number of hydrogen-bond acceptors (Lipinski definition) is 1. The topological polar surface area (TPSA) is 32.9 Å². The van der Waals surface area contributed by atoms with Crippen molar-refractivity contribution in [1.82, 2.24) is 4.98 Å². The third-order valence-corrected chi connectivity index (χ3v) is 2.67. The van der Waals surface area contributed by atoms with E-state index in [-0.39, 0.29) is 5.33 Å². The molecule has 0 saturated heterocycles. The van der Waals surface area contributed by atoms with E-state index in [1.54, 1.807) is 0 Å². The van der Waals surface area contributed by atoms with Crippen LogP contribution in [0.15, 0.2) is 10.9 Å². The normalized spacial score (nSPS) is 10.8. The number of hydrogen-bond donors (Lipinski definition) is 1. The van der Waals surface area contributed by atoms with Crippen molar-refractivity contribution in [1.29, 1.82) is 0 Å². The maximum atomic E-state index is 12.4. The molecule has 0 aliphatic carbocycles. The molecule has 1 N–H and O–H groups in total. The van der Waals surface area contributed by atoms with Crippen LogP contribution in [0.5, 0.6) is 0 Å². The first-order valence-electron chi connectivity index (χ1n) is 3.32. The van der Waals surface area contributed by atoms with Gasteiger partial charge in [0.15, 0.2) is 0 Å². The molecule has 0 saturated carbocycles. The first-order valence-corrected chi connectivity index (χ1v) is 5.52. The van der Waals surface area contributed by atoms with Crippen LogP contribution in [-0.2, 0) is 5.33 Å². The molecule has 1 rings (SSSR count). The highest BCUT2D eigenvalue weighted by Crippen LogP contribution is 2.21. The van der Waals surface area contributed by atoms with E-state index in [0.717, 1.165) is 0 Å². The van der Waals surface area contributed by atoms with Gasteiger partial charge in [-0.25, -0.2) is 8.78 Å². The Morgan fingerprint density at radius 1 is 1.62 bits per heavy atom. The Hall–Kier alpha value is 0.0200. The van der Waals surface area contributed by atoms with Crippen LogP contribution in [0.4, 0.5) is 8.78 Å². The van der Waals surface area contributed by atoms with Crippen LogP contribution in [0.3, 0.4) is 0 Å². The summed E-state index contributed by atoms with van der Waals surface area (Å²) in [5, 5.41) is 0.257. The molecule has 13 heavy (non-hydrogen) atoms. The van der Waals surface area contributed by atoms with Crippen LogP contribution >= 0.6 is 38.5 Å². The van der Waals surface area contributed by atoms with Gasteiger partial charge in [-0.3, -0.25) is 4.79 Å². The van der Waals surface area contributed by atoms with Crippen LogP contribution < -0.4 is 5.56 Å². The molecule has 0 aromatic carbocycles. The Morgan fingerprint density at radius 2 is 2.23 bits per heavy atom. The van der Waals surface area contributed by atoms with E-state index in [0.29, 0.717) is 9.26 Å². The van der Waals surface area contributed by atoms with E-state index in [9.17, 15) is 13.6 Å². The van der Waals surface area contributed by atoms with Gasteiger partial charge in [-0.2, -0.15) is 0 Å². The van der Waals surface area contributed by atoms with Gasteiger partial charge in [-0.1, -0.05) is 15.9 Å². The minimum atomic E-state index is -2.73. The standard InChI is InChI=1S/C7H5BrF2INO/c8-2-3-1-4(11)12-7(13)5(3)6(9)10/h1,6H,2H2,(H,12,13). The SMILES string of the molecule is O=c1[nH]c(I)cc(CBr)c1C(F)F. The molecule has 0 radical (unpaired) electrons. The predicted molar refractivity (Wildman–Crippen MR) is 57.4 cm³/mol. The van der Waals surface area contributed by atoms with Gasteiger partial charge < -0.3 is 4.98 Å². The Labute approximate surface area is 95.0 Å². The summed E-state index contributed by atoms with van der Waals surface area (Å²) >= 11 is 4.93. The molecule has 6 heteroatoms. The molecule has 0 fully saturated rings. The minimum absolute atomic E-state index is 0.257. The molecule has 0 bridgehead atoms. The Balaban J connectivity index is 3.39. The zero-order valence-corrected chi connectivity index (χ0v) is 10.0. The quantitative estimate of drug-likeness (QED) is 0.489. The van der Waals surface area contributed by atoms with Crippen molar-refractivity contribution < 1.29 is 8.78 Å². The zero-order valence-electron chi connectivity index (χ0n) is 6.28. The number of pyridine rings is 1. The second-order valence-corrected chi connectivity index (χ2v) is 4.04. The lowest BCUT2D eigenvalue weighted by Gasteiger charge is -2.04. The fourth-order valence-corrected chi connectivity index (χ4v) is 2.02. The predicted octanol–water partition coefficient (Wildman–Crippen LogP) is 2.81. The molecule has 0 spiro atoms. The van der Waals surface area contributed by atoms with E-state index in [1.165, 1.54) is 6.07 Å². The van der Waals surface area contributed by atoms with Crippen molar-refractivity contribution in [3.8, 4) is 0 Å². The fourth-order valence-electron chi connectivity index (χ4n) is 0.938. The molecule has 0 aliphatic heterocycles. The molecule has 1 aromatic heterocycles. The van der Waals surface area contributed by atoms with E-state index >= 15 is 0 Å². The average Bonchev–Trinajstić information content (AvgIpc) is 2.01. The first kappa shape index (κ1) is 11.1. The van der Waals surface area contributed by atoms with Crippen LogP contribution in [0.25, 0.3) is 0 Å². The largest absolute Gasteiger partial charge is 0.317 e. The lowest BCUT2D eigenvalue weighted by atomic mass is 10.2. The monoisotopic (exact) mass is 363 g/mol. The number of halogens is 4. The summed E-state index contributed by atoms with van der Waals surface area (Å²) in [6.07, 6.45) is -2.73. The highest BCUT2D eigenvalue weighted by molar-refractivity contribution is 14.1. The lowest BCUT2D eigenvalue weighted by molar-refractivity contribution is 0.148. The Kier molecular flexibility index (Phi) is 3.84. The van der Waals surface area contributed by atoms with Gasteiger partial charge in [-0.05, 0) is 34.2 Å². The zero-order chi connectivity index (χ0) is 10.0. The molecule has 1 aromatic rings. The Bertz CT molecular complexity index is 366. The highest BCUT2D eigenvalue weighted by Gasteiger charge is 2.17. The van der Waals surface area contributed by atoms with Crippen molar-refractivity contribution in [3.05, 3.63) is 31.2 Å². The van der Waals surface area contributed by atoms with Gasteiger partial charge in [0.2, 0.25) is 0 Å². The number of H-pyrrole nitrogens is 1. The maximum Gasteiger partial charge on any atom is 0.269 e. The van der Waals surface area contributed by atoms with E-state index in [2.05, 4.69) is 20.9 Å². The first-order chi connectivity index (χ1) is 6.06.